The molecule has 5 nitrogen and oxygen atoms in total. The van der Waals surface area contributed by atoms with Gasteiger partial charge in [0.1, 0.15) is 0 Å². The highest BCUT2D eigenvalue weighted by Gasteiger charge is 2.30. The number of hydrogen-bond acceptors (Lipinski definition) is 4. The topological polar surface area (TPSA) is 62.6 Å². The Morgan fingerprint density at radius 3 is 2.95 bits per heavy atom. The smallest absolute Gasteiger partial charge is 0.287 e. The lowest BCUT2D eigenvalue weighted by molar-refractivity contribution is -0.131. The fourth-order valence-corrected chi connectivity index (χ4v) is 3.80. The number of amides is 2. The molecule has 22 heavy (non-hydrogen) atoms. The van der Waals surface area contributed by atoms with Crippen molar-refractivity contribution in [3.63, 3.8) is 0 Å². The van der Waals surface area contributed by atoms with Crippen LogP contribution >= 0.6 is 27.3 Å². The van der Waals surface area contributed by atoms with E-state index in [4.69, 9.17) is 4.42 Å². The highest BCUT2D eigenvalue weighted by atomic mass is 79.9. The normalized spacial score (nSPS) is 17.7. The first-order valence-corrected chi connectivity index (χ1v) is 8.69. The number of carbonyl (C=O) groups excluding carboxylic acids is 2. The zero-order valence-corrected chi connectivity index (χ0v) is 14.2. The largest absolute Gasteiger partial charge is 0.444 e. The third-order valence-corrected chi connectivity index (χ3v) is 5.04. The molecule has 0 saturated carbocycles. The Morgan fingerprint density at radius 2 is 2.27 bits per heavy atom. The van der Waals surface area contributed by atoms with E-state index >= 15 is 0 Å². The van der Waals surface area contributed by atoms with E-state index in [1.54, 1.807) is 23.5 Å². The van der Waals surface area contributed by atoms with Gasteiger partial charge in [-0.1, -0.05) is 6.07 Å². The molecule has 2 aromatic rings. The van der Waals surface area contributed by atoms with E-state index in [1.165, 1.54) is 4.88 Å². The first-order chi connectivity index (χ1) is 10.6. The molecule has 7 heteroatoms. The van der Waals surface area contributed by atoms with Crippen molar-refractivity contribution in [2.75, 3.05) is 13.1 Å². The molecule has 116 valence electrons. The molecule has 0 aromatic carbocycles. The average Bonchev–Trinajstić information content (AvgIpc) is 3.23. The minimum Gasteiger partial charge on any atom is -0.444 e. The molecule has 0 spiro atoms. The zero-order chi connectivity index (χ0) is 15.5. The van der Waals surface area contributed by atoms with Crippen molar-refractivity contribution in [2.45, 2.75) is 18.9 Å². The molecule has 0 aliphatic carbocycles. The Labute approximate surface area is 140 Å². The van der Waals surface area contributed by atoms with Crippen LogP contribution in [0.4, 0.5) is 0 Å². The van der Waals surface area contributed by atoms with Crippen LogP contribution < -0.4 is 5.32 Å². The lowest BCUT2D eigenvalue weighted by atomic mass is 10.2. The maximum Gasteiger partial charge on any atom is 0.287 e. The number of furan rings is 1. The number of carbonyl (C=O) groups is 2. The fourth-order valence-electron chi connectivity index (χ4n) is 2.62. The predicted molar refractivity (Wildman–Crippen MR) is 86.7 cm³/mol. The van der Waals surface area contributed by atoms with Crippen molar-refractivity contribution in [1.82, 2.24) is 10.2 Å². The number of thiophene rings is 1. The van der Waals surface area contributed by atoms with Crippen LogP contribution in [-0.4, -0.2) is 29.8 Å². The summed E-state index contributed by atoms with van der Waals surface area (Å²) in [5, 5.41) is 4.63. The van der Waals surface area contributed by atoms with E-state index in [2.05, 4.69) is 27.3 Å². The fraction of sp³-hybridized carbons (Fsp3) is 0.333. The Hall–Kier alpha value is -1.60. The van der Waals surface area contributed by atoms with Crippen LogP contribution in [0.3, 0.4) is 0 Å². The average molecular weight is 383 g/mol. The molecule has 1 aliphatic rings. The molecule has 0 bridgehead atoms. The minimum absolute atomic E-state index is 0.0149. The summed E-state index contributed by atoms with van der Waals surface area (Å²) >= 11 is 4.81. The summed E-state index contributed by atoms with van der Waals surface area (Å²) < 4.78 is 5.65. The minimum atomic E-state index is -0.383. The van der Waals surface area contributed by atoms with Crippen LogP contribution in [0.2, 0.25) is 0 Å². The van der Waals surface area contributed by atoms with Crippen LogP contribution in [0.25, 0.3) is 0 Å². The SMILES string of the molecule is O=C(NCC(=O)N1CCCC1c1cccs1)c1ccc(Br)o1. The van der Waals surface area contributed by atoms with Crippen molar-refractivity contribution in [3.05, 3.63) is 45.0 Å². The molecule has 1 fully saturated rings. The van der Waals surface area contributed by atoms with Gasteiger partial charge in [-0.2, -0.15) is 0 Å². The second-order valence-electron chi connectivity index (χ2n) is 5.05. The molecule has 1 aliphatic heterocycles. The van der Waals surface area contributed by atoms with E-state index in [1.807, 2.05) is 16.3 Å². The molecular formula is C15H15BrN2O3S. The Kier molecular flexibility index (Phi) is 4.63. The van der Waals surface area contributed by atoms with Crippen molar-refractivity contribution >= 4 is 39.1 Å². The maximum absolute atomic E-state index is 12.4. The van der Waals surface area contributed by atoms with E-state index in [9.17, 15) is 9.59 Å². The van der Waals surface area contributed by atoms with Crippen molar-refractivity contribution in [3.8, 4) is 0 Å². The van der Waals surface area contributed by atoms with Crippen molar-refractivity contribution < 1.29 is 14.0 Å². The number of nitrogens with zero attached hydrogens (tertiary/aromatic N) is 1. The number of rotatable bonds is 4. The molecule has 1 N–H and O–H groups in total. The number of hydrogen-bond donors (Lipinski definition) is 1. The van der Waals surface area contributed by atoms with E-state index in [0.29, 0.717) is 4.67 Å². The molecular weight excluding hydrogens is 368 g/mol. The van der Waals surface area contributed by atoms with Crippen molar-refractivity contribution in [2.24, 2.45) is 0 Å². The van der Waals surface area contributed by atoms with E-state index in [0.717, 1.165) is 19.4 Å². The van der Waals surface area contributed by atoms with Crippen LogP contribution in [0, 0.1) is 0 Å². The molecule has 3 heterocycles. The second-order valence-corrected chi connectivity index (χ2v) is 6.81. The van der Waals surface area contributed by atoms with Gasteiger partial charge in [0, 0.05) is 11.4 Å². The standard InChI is InChI=1S/C15H15BrN2O3S/c16-13-6-5-11(21-13)15(20)17-9-14(19)18-7-1-3-10(18)12-4-2-8-22-12/h2,4-6,8,10H,1,3,7,9H2,(H,17,20). The van der Waals surface area contributed by atoms with Gasteiger partial charge in [0.25, 0.3) is 5.91 Å². The highest BCUT2D eigenvalue weighted by Crippen LogP contribution is 2.34. The monoisotopic (exact) mass is 382 g/mol. The molecule has 1 unspecified atom stereocenters. The van der Waals surface area contributed by atoms with Crippen LogP contribution in [-0.2, 0) is 4.79 Å². The van der Waals surface area contributed by atoms with Gasteiger partial charge in [-0.15, -0.1) is 11.3 Å². The van der Waals surface area contributed by atoms with Crippen molar-refractivity contribution in [1.29, 1.82) is 0 Å². The van der Waals surface area contributed by atoms with Gasteiger partial charge in [0.15, 0.2) is 10.4 Å². The van der Waals surface area contributed by atoms with Gasteiger partial charge < -0.3 is 14.6 Å². The summed E-state index contributed by atoms with van der Waals surface area (Å²) in [6, 6.07) is 7.40. The van der Waals surface area contributed by atoms with Gasteiger partial charge in [0.05, 0.1) is 12.6 Å². The first kappa shape index (κ1) is 15.3. The Bertz CT molecular complexity index is 668. The first-order valence-electron chi connectivity index (χ1n) is 7.01. The number of likely N-dealkylation sites (tertiary alicyclic amines) is 1. The van der Waals surface area contributed by atoms with Crippen LogP contribution in [0.15, 0.2) is 38.7 Å². The quantitative estimate of drug-likeness (QED) is 0.882. The predicted octanol–water partition coefficient (Wildman–Crippen LogP) is 3.20. The van der Waals surface area contributed by atoms with Crippen LogP contribution in [0.1, 0.15) is 34.3 Å². The lowest BCUT2D eigenvalue weighted by Crippen LogP contribution is -2.39. The Balaban J connectivity index is 1.58. The summed E-state index contributed by atoms with van der Waals surface area (Å²) in [7, 11) is 0. The van der Waals surface area contributed by atoms with Gasteiger partial charge in [-0.05, 0) is 52.4 Å². The van der Waals surface area contributed by atoms with Gasteiger partial charge >= 0.3 is 0 Å². The lowest BCUT2D eigenvalue weighted by Gasteiger charge is -2.24. The molecule has 1 atom stereocenters. The summed E-state index contributed by atoms with van der Waals surface area (Å²) in [6.45, 7) is 0.725. The van der Waals surface area contributed by atoms with Gasteiger partial charge in [0.2, 0.25) is 5.91 Å². The number of nitrogens with one attached hydrogen (secondary N) is 1. The summed E-state index contributed by atoms with van der Waals surface area (Å²) in [5.41, 5.74) is 0. The Morgan fingerprint density at radius 1 is 1.41 bits per heavy atom. The molecule has 3 rings (SSSR count). The third-order valence-electron chi connectivity index (χ3n) is 3.64. The summed E-state index contributed by atoms with van der Waals surface area (Å²) in [4.78, 5) is 27.3. The highest BCUT2D eigenvalue weighted by molar-refractivity contribution is 9.10. The molecule has 1 saturated heterocycles. The van der Waals surface area contributed by atoms with Gasteiger partial charge in [-0.25, -0.2) is 0 Å². The second kappa shape index (κ2) is 6.66. The summed E-state index contributed by atoms with van der Waals surface area (Å²) in [6.07, 6.45) is 1.97. The third kappa shape index (κ3) is 3.25. The summed E-state index contributed by atoms with van der Waals surface area (Å²) in [5.74, 6) is -0.253. The van der Waals surface area contributed by atoms with E-state index in [-0.39, 0.29) is 30.2 Å². The van der Waals surface area contributed by atoms with E-state index < -0.39 is 0 Å². The molecule has 2 amide bonds. The van der Waals surface area contributed by atoms with Gasteiger partial charge in [-0.3, -0.25) is 9.59 Å². The molecule has 2 aromatic heterocycles. The zero-order valence-electron chi connectivity index (χ0n) is 11.8. The number of halogens is 1. The molecule has 0 radical (unpaired) electrons. The maximum atomic E-state index is 12.4. The van der Waals surface area contributed by atoms with Crippen LogP contribution in [0.5, 0.6) is 0 Å².